The smallest absolute Gasteiger partial charge is 0.270 e. The van der Waals surface area contributed by atoms with Crippen LogP contribution >= 0.6 is 0 Å². The summed E-state index contributed by atoms with van der Waals surface area (Å²) in [7, 11) is 0.133. The van der Waals surface area contributed by atoms with Crippen LogP contribution in [0.4, 0.5) is 17.3 Å². The van der Waals surface area contributed by atoms with Crippen molar-refractivity contribution < 1.29 is 31.9 Å². The van der Waals surface area contributed by atoms with Crippen LogP contribution in [0.1, 0.15) is 55.4 Å². The maximum atomic E-state index is 13.7. The molecule has 1 aliphatic heterocycles. The van der Waals surface area contributed by atoms with Gasteiger partial charge in [0.05, 0.1) is 38.5 Å². The van der Waals surface area contributed by atoms with Crippen molar-refractivity contribution in [2.75, 3.05) is 38.0 Å². The van der Waals surface area contributed by atoms with Gasteiger partial charge >= 0.3 is 0 Å². The molecule has 2 aromatic carbocycles. The molecule has 3 N–H and O–H groups in total. The van der Waals surface area contributed by atoms with Gasteiger partial charge in [-0.1, -0.05) is 5.16 Å². The lowest BCUT2D eigenvalue weighted by molar-refractivity contribution is 0.0147. The average Bonchev–Trinajstić information content (AvgIpc) is 3.61. The first kappa shape index (κ1) is 26.3. The summed E-state index contributed by atoms with van der Waals surface area (Å²) in [5.41, 5.74) is 2.83. The van der Waals surface area contributed by atoms with Gasteiger partial charge in [-0.3, -0.25) is 9.82 Å². The maximum absolute atomic E-state index is 13.7. The van der Waals surface area contributed by atoms with E-state index in [1.165, 1.54) is 21.3 Å². The van der Waals surface area contributed by atoms with Gasteiger partial charge in [0.25, 0.3) is 10.0 Å². The van der Waals surface area contributed by atoms with Gasteiger partial charge in [0.15, 0.2) is 22.1 Å². The van der Waals surface area contributed by atoms with Gasteiger partial charge < -0.3 is 28.8 Å². The molecule has 0 radical (unpaired) electrons. The number of hydrogen-bond donors (Lipinski definition) is 3. The first-order chi connectivity index (χ1) is 19.4. The molecule has 3 heterocycles. The normalized spacial score (nSPS) is 17.5. The van der Waals surface area contributed by atoms with Crippen molar-refractivity contribution in [3.05, 3.63) is 41.6 Å². The third-order valence-corrected chi connectivity index (χ3v) is 8.61. The minimum Gasteiger partial charge on any atom is -0.495 e. The second-order valence-electron chi connectivity index (χ2n) is 9.90. The third kappa shape index (κ3) is 5.02. The molecule has 4 aromatic rings. The standard InChI is InChI=1S/C27H31N5O7S/c1-35-22-12-17-21(13-19(22)28-25-14-18(29-30-25)15-7-8-15)39-31-27(17)32-40(33,34)26-23(36-2)10-16(11-24(26)37-3)20-6-4-5-9-38-20/h10-15,20H,4-9H2,1-3H3,(H,31,32)(H2,28,29,30)/t20-/m0/s1. The number of benzene rings is 2. The second kappa shape index (κ2) is 10.5. The zero-order chi connectivity index (χ0) is 27.9. The summed E-state index contributed by atoms with van der Waals surface area (Å²) < 4.78 is 57.9. The van der Waals surface area contributed by atoms with E-state index < -0.39 is 10.0 Å². The molecule has 13 heteroatoms. The molecule has 0 bridgehead atoms. The Bertz CT molecular complexity index is 1610. The van der Waals surface area contributed by atoms with Crippen LogP contribution in [0.2, 0.25) is 0 Å². The Morgan fingerprint density at radius 1 is 0.950 bits per heavy atom. The van der Waals surface area contributed by atoms with Crippen LogP contribution in [0.25, 0.3) is 11.0 Å². The number of nitrogens with zero attached hydrogens (tertiary/aromatic N) is 2. The highest BCUT2D eigenvalue weighted by molar-refractivity contribution is 7.93. The van der Waals surface area contributed by atoms with E-state index in [0.29, 0.717) is 40.7 Å². The summed E-state index contributed by atoms with van der Waals surface area (Å²) in [4.78, 5) is -0.150. The predicted molar refractivity (Wildman–Crippen MR) is 147 cm³/mol. The Kier molecular flexibility index (Phi) is 6.92. The van der Waals surface area contributed by atoms with E-state index in [2.05, 4.69) is 25.4 Å². The van der Waals surface area contributed by atoms with Crippen LogP contribution in [-0.2, 0) is 14.8 Å². The number of ether oxygens (including phenoxy) is 4. The first-order valence-electron chi connectivity index (χ1n) is 13.1. The van der Waals surface area contributed by atoms with Crippen molar-refractivity contribution in [3.63, 3.8) is 0 Å². The fraction of sp³-hybridized carbons (Fsp3) is 0.407. The van der Waals surface area contributed by atoms with Gasteiger partial charge in [-0.15, -0.1) is 0 Å². The molecule has 6 rings (SSSR count). The molecular weight excluding hydrogens is 538 g/mol. The maximum Gasteiger partial charge on any atom is 0.270 e. The lowest BCUT2D eigenvalue weighted by Gasteiger charge is -2.24. The predicted octanol–water partition coefficient (Wildman–Crippen LogP) is 5.24. The van der Waals surface area contributed by atoms with Gasteiger partial charge in [0.1, 0.15) is 17.2 Å². The number of anilines is 3. The summed E-state index contributed by atoms with van der Waals surface area (Å²) >= 11 is 0. The van der Waals surface area contributed by atoms with Crippen LogP contribution in [0, 0.1) is 0 Å². The molecule has 0 spiro atoms. The zero-order valence-corrected chi connectivity index (χ0v) is 23.3. The third-order valence-electron chi connectivity index (χ3n) is 7.20. The van der Waals surface area contributed by atoms with Gasteiger partial charge in [-0.05, 0) is 55.9 Å². The topological polar surface area (TPSA) is 150 Å². The van der Waals surface area contributed by atoms with Crippen molar-refractivity contribution in [1.29, 1.82) is 0 Å². The van der Waals surface area contributed by atoms with Gasteiger partial charge in [0, 0.05) is 30.4 Å². The Morgan fingerprint density at radius 2 is 1.70 bits per heavy atom. The van der Waals surface area contributed by atoms with Crippen LogP contribution < -0.4 is 24.2 Å². The number of aromatic amines is 1. The number of nitrogens with one attached hydrogen (secondary N) is 3. The molecular formula is C27H31N5O7S. The van der Waals surface area contributed by atoms with Crippen LogP contribution in [0.15, 0.2) is 39.8 Å². The number of sulfonamides is 1. The van der Waals surface area contributed by atoms with Crippen LogP contribution in [-0.4, -0.2) is 51.7 Å². The quantitative estimate of drug-likeness (QED) is 0.231. The fourth-order valence-electron chi connectivity index (χ4n) is 4.98. The number of H-pyrrole nitrogens is 1. The van der Waals surface area contributed by atoms with Gasteiger partial charge in [0.2, 0.25) is 0 Å². The molecule has 12 nitrogen and oxygen atoms in total. The van der Waals surface area contributed by atoms with Crippen LogP contribution in [0.3, 0.4) is 0 Å². The first-order valence-corrected chi connectivity index (χ1v) is 14.6. The minimum absolute atomic E-state index is 0.000523. The minimum atomic E-state index is -4.22. The largest absolute Gasteiger partial charge is 0.495 e. The van der Waals surface area contributed by atoms with Crippen molar-refractivity contribution in [2.24, 2.45) is 0 Å². The molecule has 0 amide bonds. The second-order valence-corrected chi connectivity index (χ2v) is 11.5. The number of methoxy groups -OCH3 is 3. The van der Waals surface area contributed by atoms with Crippen molar-refractivity contribution in [3.8, 4) is 17.2 Å². The molecule has 1 aliphatic carbocycles. The van der Waals surface area contributed by atoms with Crippen molar-refractivity contribution in [1.82, 2.24) is 15.4 Å². The monoisotopic (exact) mass is 569 g/mol. The highest BCUT2D eigenvalue weighted by atomic mass is 32.2. The van der Waals surface area contributed by atoms with E-state index in [0.717, 1.165) is 43.4 Å². The average molecular weight is 570 g/mol. The van der Waals surface area contributed by atoms with E-state index in [1.54, 1.807) is 24.3 Å². The van der Waals surface area contributed by atoms with Crippen molar-refractivity contribution >= 4 is 38.3 Å². The van der Waals surface area contributed by atoms with E-state index in [9.17, 15) is 8.42 Å². The number of aromatic nitrogens is 3. The summed E-state index contributed by atoms with van der Waals surface area (Å²) in [6.45, 7) is 0.653. The number of hydrogen-bond acceptors (Lipinski definition) is 10. The summed E-state index contributed by atoms with van der Waals surface area (Å²) in [6, 6.07) is 8.66. The molecule has 0 unspecified atom stereocenters. The molecule has 1 atom stereocenters. The highest BCUT2D eigenvalue weighted by Gasteiger charge is 2.30. The molecule has 212 valence electrons. The van der Waals surface area contributed by atoms with E-state index in [-0.39, 0.29) is 28.3 Å². The van der Waals surface area contributed by atoms with Gasteiger partial charge in [-0.25, -0.2) is 8.42 Å². The molecule has 1 saturated carbocycles. The summed E-state index contributed by atoms with van der Waals surface area (Å²) in [5.74, 6) is 1.90. The van der Waals surface area contributed by atoms with Gasteiger partial charge in [-0.2, -0.15) is 5.10 Å². The van der Waals surface area contributed by atoms with E-state index in [4.69, 9.17) is 23.5 Å². The Balaban J connectivity index is 1.31. The van der Waals surface area contributed by atoms with E-state index in [1.807, 2.05) is 6.07 Å². The van der Waals surface area contributed by atoms with E-state index >= 15 is 0 Å². The molecule has 40 heavy (non-hydrogen) atoms. The lowest BCUT2D eigenvalue weighted by Crippen LogP contribution is -2.17. The molecule has 2 aromatic heterocycles. The molecule has 2 fully saturated rings. The molecule has 2 aliphatic rings. The summed E-state index contributed by atoms with van der Waals surface area (Å²) in [5, 5.41) is 15.0. The zero-order valence-electron chi connectivity index (χ0n) is 22.4. The Labute approximate surface area is 231 Å². The molecule has 1 saturated heterocycles. The number of fused-ring (bicyclic) bond motifs is 1. The van der Waals surface area contributed by atoms with Crippen molar-refractivity contribution in [2.45, 2.75) is 49.0 Å². The van der Waals surface area contributed by atoms with Crippen LogP contribution in [0.5, 0.6) is 17.2 Å². The Morgan fingerprint density at radius 3 is 2.35 bits per heavy atom. The Hall–Kier alpha value is -3.97. The highest BCUT2D eigenvalue weighted by Crippen LogP contribution is 2.42. The SMILES string of the molecule is COc1cc2c(NS(=O)(=O)c3c(OC)cc([C@@H]4CCCCO4)cc3OC)noc2cc1Nc1cc(C2CC2)[nH]n1. The fourth-order valence-corrected chi connectivity index (χ4v) is 6.30. The summed E-state index contributed by atoms with van der Waals surface area (Å²) in [6.07, 6.45) is 5.02. The lowest BCUT2D eigenvalue weighted by atomic mass is 10.0. The number of rotatable bonds is 10.